The minimum Gasteiger partial charge on any atom is -0.497 e. The number of hydrogen-bond donors (Lipinski definition) is 0. The predicted octanol–water partition coefficient (Wildman–Crippen LogP) is 3.46. The van der Waals surface area contributed by atoms with Crippen molar-refractivity contribution in [1.29, 1.82) is 0 Å². The lowest BCUT2D eigenvalue weighted by atomic mass is 9.93. The molecule has 0 bridgehead atoms. The van der Waals surface area contributed by atoms with Crippen LogP contribution in [0.25, 0.3) is 0 Å². The quantitative estimate of drug-likeness (QED) is 0.868. The summed E-state index contributed by atoms with van der Waals surface area (Å²) < 4.78 is 5.16. The maximum absolute atomic E-state index is 12.7. The number of rotatable bonds is 3. The van der Waals surface area contributed by atoms with Crippen LogP contribution in [0, 0.1) is 5.92 Å². The number of methoxy groups -OCH3 is 1. The lowest BCUT2D eigenvalue weighted by Gasteiger charge is -2.33. The van der Waals surface area contributed by atoms with E-state index in [0.717, 1.165) is 30.0 Å². The maximum atomic E-state index is 12.7. The molecular weight excluding hydrogens is 274 g/mol. The van der Waals surface area contributed by atoms with E-state index in [2.05, 4.69) is 13.0 Å². The SMILES string of the molecule is COc1ccc(CC(=O)N2CC(C)Cc3ccccc32)cc1. The first-order chi connectivity index (χ1) is 10.7. The number of benzene rings is 2. The Morgan fingerprint density at radius 3 is 2.64 bits per heavy atom. The van der Waals surface area contributed by atoms with Crippen LogP contribution in [-0.4, -0.2) is 19.6 Å². The van der Waals surface area contributed by atoms with E-state index >= 15 is 0 Å². The molecule has 2 aromatic carbocycles. The van der Waals surface area contributed by atoms with Crippen LogP contribution >= 0.6 is 0 Å². The molecule has 2 aromatic rings. The Morgan fingerprint density at radius 1 is 1.18 bits per heavy atom. The van der Waals surface area contributed by atoms with Gasteiger partial charge in [-0.1, -0.05) is 37.3 Å². The number of nitrogens with zero attached hydrogens (tertiary/aromatic N) is 1. The van der Waals surface area contributed by atoms with Gasteiger partial charge in [0.15, 0.2) is 0 Å². The van der Waals surface area contributed by atoms with Crippen LogP contribution in [0.2, 0.25) is 0 Å². The first kappa shape index (κ1) is 14.6. The van der Waals surface area contributed by atoms with Crippen molar-refractivity contribution in [2.45, 2.75) is 19.8 Å². The van der Waals surface area contributed by atoms with E-state index in [4.69, 9.17) is 4.74 Å². The van der Waals surface area contributed by atoms with Gasteiger partial charge in [-0.15, -0.1) is 0 Å². The number of carbonyl (C=O) groups excluding carboxylic acids is 1. The standard InChI is InChI=1S/C19H21NO2/c1-14-11-16-5-3-4-6-18(16)20(13-14)19(21)12-15-7-9-17(22-2)10-8-15/h3-10,14H,11-13H2,1-2H3. The number of fused-ring (bicyclic) bond motifs is 1. The fraction of sp³-hybridized carbons (Fsp3) is 0.316. The smallest absolute Gasteiger partial charge is 0.231 e. The summed E-state index contributed by atoms with van der Waals surface area (Å²) in [5.74, 6) is 1.46. The predicted molar refractivity (Wildman–Crippen MR) is 88.4 cm³/mol. The number of para-hydroxylation sites is 1. The van der Waals surface area contributed by atoms with Gasteiger partial charge in [0.25, 0.3) is 0 Å². The van der Waals surface area contributed by atoms with Crippen LogP contribution in [0.5, 0.6) is 5.75 Å². The third-order valence-electron chi connectivity index (χ3n) is 4.16. The van der Waals surface area contributed by atoms with E-state index in [1.54, 1.807) is 7.11 Å². The van der Waals surface area contributed by atoms with Crippen LogP contribution in [0.3, 0.4) is 0 Å². The second kappa shape index (κ2) is 6.22. The van der Waals surface area contributed by atoms with Gasteiger partial charge >= 0.3 is 0 Å². The molecule has 0 N–H and O–H groups in total. The molecule has 1 atom stereocenters. The first-order valence-electron chi connectivity index (χ1n) is 7.68. The van der Waals surface area contributed by atoms with Gasteiger partial charge in [0.05, 0.1) is 13.5 Å². The highest BCUT2D eigenvalue weighted by Crippen LogP contribution is 2.30. The van der Waals surface area contributed by atoms with Gasteiger partial charge < -0.3 is 9.64 Å². The van der Waals surface area contributed by atoms with Crippen LogP contribution in [0.4, 0.5) is 5.69 Å². The summed E-state index contributed by atoms with van der Waals surface area (Å²) in [6.45, 7) is 3.00. The molecule has 1 aliphatic heterocycles. The highest BCUT2D eigenvalue weighted by atomic mass is 16.5. The van der Waals surface area contributed by atoms with Gasteiger partial charge in [0.2, 0.25) is 5.91 Å². The zero-order valence-corrected chi connectivity index (χ0v) is 13.1. The highest BCUT2D eigenvalue weighted by Gasteiger charge is 2.25. The Hall–Kier alpha value is -2.29. The number of anilines is 1. The number of hydrogen-bond acceptors (Lipinski definition) is 2. The molecule has 1 amide bonds. The molecular formula is C19H21NO2. The van der Waals surface area contributed by atoms with Crippen molar-refractivity contribution in [3.05, 3.63) is 59.7 Å². The Balaban J connectivity index is 1.79. The summed E-state index contributed by atoms with van der Waals surface area (Å²) in [5, 5.41) is 0. The monoisotopic (exact) mass is 295 g/mol. The normalized spacial score (nSPS) is 17.0. The van der Waals surface area contributed by atoms with Crippen molar-refractivity contribution in [2.75, 3.05) is 18.6 Å². The summed E-state index contributed by atoms with van der Waals surface area (Å²) in [7, 11) is 1.65. The van der Waals surface area contributed by atoms with Gasteiger partial charge in [-0.2, -0.15) is 0 Å². The summed E-state index contributed by atoms with van der Waals surface area (Å²) in [5.41, 5.74) is 3.35. The van der Waals surface area contributed by atoms with Crippen molar-refractivity contribution in [3.63, 3.8) is 0 Å². The van der Waals surface area contributed by atoms with E-state index in [-0.39, 0.29) is 5.91 Å². The molecule has 3 nitrogen and oxygen atoms in total. The molecule has 0 saturated heterocycles. The van der Waals surface area contributed by atoms with Gasteiger partial charge in [0, 0.05) is 12.2 Å². The number of amides is 1. The lowest BCUT2D eigenvalue weighted by molar-refractivity contribution is -0.118. The van der Waals surface area contributed by atoms with E-state index in [0.29, 0.717) is 12.3 Å². The molecule has 0 fully saturated rings. The average molecular weight is 295 g/mol. The van der Waals surface area contributed by atoms with E-state index in [9.17, 15) is 4.79 Å². The summed E-state index contributed by atoms with van der Waals surface area (Å²) >= 11 is 0. The van der Waals surface area contributed by atoms with E-state index in [1.807, 2.05) is 47.4 Å². The summed E-state index contributed by atoms with van der Waals surface area (Å²) in [6, 6.07) is 15.9. The van der Waals surface area contributed by atoms with Crippen molar-refractivity contribution in [1.82, 2.24) is 0 Å². The Morgan fingerprint density at radius 2 is 1.91 bits per heavy atom. The van der Waals surface area contributed by atoms with E-state index in [1.165, 1.54) is 5.56 Å². The fourth-order valence-electron chi connectivity index (χ4n) is 3.05. The zero-order chi connectivity index (χ0) is 15.5. The van der Waals surface area contributed by atoms with Gasteiger partial charge in [-0.05, 0) is 41.7 Å². The Labute approximate surface area is 131 Å². The van der Waals surface area contributed by atoms with E-state index < -0.39 is 0 Å². The van der Waals surface area contributed by atoms with Crippen LogP contribution in [-0.2, 0) is 17.6 Å². The molecule has 0 aromatic heterocycles. The molecule has 3 heteroatoms. The van der Waals surface area contributed by atoms with Crippen molar-refractivity contribution >= 4 is 11.6 Å². The second-order valence-electron chi connectivity index (χ2n) is 5.97. The van der Waals surface area contributed by atoms with Gasteiger partial charge in [0.1, 0.15) is 5.75 Å². The first-order valence-corrected chi connectivity index (χ1v) is 7.68. The summed E-state index contributed by atoms with van der Waals surface area (Å²) in [6.07, 6.45) is 1.47. The molecule has 1 unspecified atom stereocenters. The van der Waals surface area contributed by atoms with Gasteiger partial charge in [-0.25, -0.2) is 0 Å². The van der Waals surface area contributed by atoms with Crippen LogP contribution in [0.1, 0.15) is 18.1 Å². The molecule has 1 heterocycles. The minimum atomic E-state index is 0.157. The number of carbonyl (C=O) groups is 1. The lowest BCUT2D eigenvalue weighted by Crippen LogP contribution is -2.40. The fourth-order valence-corrected chi connectivity index (χ4v) is 3.05. The van der Waals surface area contributed by atoms with Gasteiger partial charge in [-0.3, -0.25) is 4.79 Å². The molecule has 0 aliphatic carbocycles. The topological polar surface area (TPSA) is 29.5 Å². The third kappa shape index (κ3) is 2.98. The zero-order valence-electron chi connectivity index (χ0n) is 13.1. The second-order valence-corrected chi connectivity index (χ2v) is 5.97. The highest BCUT2D eigenvalue weighted by molar-refractivity contribution is 5.96. The maximum Gasteiger partial charge on any atom is 0.231 e. The molecule has 114 valence electrons. The third-order valence-corrected chi connectivity index (χ3v) is 4.16. The summed E-state index contributed by atoms with van der Waals surface area (Å²) in [4.78, 5) is 14.7. The van der Waals surface area contributed by atoms with Crippen molar-refractivity contribution in [2.24, 2.45) is 5.92 Å². The molecule has 0 radical (unpaired) electrons. The number of ether oxygens (including phenoxy) is 1. The van der Waals surface area contributed by atoms with Crippen LogP contribution < -0.4 is 9.64 Å². The van der Waals surface area contributed by atoms with Crippen LogP contribution in [0.15, 0.2) is 48.5 Å². The van der Waals surface area contributed by atoms with Crippen molar-refractivity contribution in [3.8, 4) is 5.75 Å². The molecule has 22 heavy (non-hydrogen) atoms. The largest absolute Gasteiger partial charge is 0.497 e. The Kier molecular flexibility index (Phi) is 4.14. The molecule has 0 saturated carbocycles. The average Bonchev–Trinajstić information content (AvgIpc) is 2.54. The Bertz CT molecular complexity index is 663. The molecule has 3 rings (SSSR count). The van der Waals surface area contributed by atoms with Crippen molar-refractivity contribution < 1.29 is 9.53 Å². The minimum absolute atomic E-state index is 0.157. The molecule has 0 spiro atoms. The molecule has 1 aliphatic rings.